The second kappa shape index (κ2) is 11.7. The summed E-state index contributed by atoms with van der Waals surface area (Å²) in [6.07, 6.45) is -3.76. The highest BCUT2D eigenvalue weighted by atomic mass is 35.5. The number of fused-ring (bicyclic) bond motifs is 2. The number of piperazine rings is 2. The molecule has 0 N–H and O–H groups in total. The molecule has 0 bridgehead atoms. The molecule has 6 rings (SSSR count). The summed E-state index contributed by atoms with van der Waals surface area (Å²) in [5.41, 5.74) is -2.74. The zero-order valence-electron chi connectivity index (χ0n) is 25.1. The molecule has 5 heterocycles. The fourth-order valence-electron chi connectivity index (χ4n) is 6.87. The normalized spacial score (nSPS) is 26.3. The van der Waals surface area contributed by atoms with Crippen LogP contribution in [-0.4, -0.2) is 126 Å². The maximum Gasteiger partial charge on any atom is 0.411 e. The number of carbonyl (C=O) groups is 2. The lowest BCUT2D eigenvalue weighted by Crippen LogP contribution is -2.57. The number of rotatable bonds is 4. The van der Waals surface area contributed by atoms with Crippen LogP contribution in [0.2, 0.25) is 5.02 Å². The monoisotopic (exact) mass is 650 g/mol. The number of alkyl halides is 3. The van der Waals surface area contributed by atoms with Gasteiger partial charge in [0.15, 0.2) is 5.75 Å². The standard InChI is InChI=1S/C31H35ClF4N6O3/c1-4-23(43)40-13-14-41-20(16-40)18-45-27-24(29(41)44)28(37-26(25(27)32)21-7-5-6-8-22(21)33)42-17-19(15-30(42,2)31(34,35)36)39-11-9-38(3)10-12-39/h4-8,19-20H,1,9-18H2,2-3H3. The van der Waals surface area contributed by atoms with E-state index in [4.69, 9.17) is 16.3 Å². The molecule has 3 unspecified atom stereocenters. The molecule has 242 valence electrons. The van der Waals surface area contributed by atoms with Crippen molar-refractivity contribution in [2.24, 2.45) is 0 Å². The number of carbonyl (C=O) groups excluding carboxylic acids is 2. The first-order valence-corrected chi connectivity index (χ1v) is 15.3. The zero-order valence-corrected chi connectivity index (χ0v) is 25.9. The molecule has 3 atom stereocenters. The van der Waals surface area contributed by atoms with Gasteiger partial charge in [-0.15, -0.1) is 0 Å². The number of nitrogens with zero attached hydrogens (tertiary/aromatic N) is 6. The van der Waals surface area contributed by atoms with Gasteiger partial charge in [0.1, 0.15) is 34.4 Å². The van der Waals surface area contributed by atoms with E-state index in [1.165, 1.54) is 34.1 Å². The third kappa shape index (κ3) is 5.42. The minimum atomic E-state index is -4.70. The maximum absolute atomic E-state index is 15.2. The zero-order chi connectivity index (χ0) is 32.3. The van der Waals surface area contributed by atoms with Crippen molar-refractivity contribution in [1.82, 2.24) is 24.6 Å². The molecular formula is C31H35ClF4N6O3. The van der Waals surface area contributed by atoms with Gasteiger partial charge in [-0.2, -0.15) is 13.2 Å². The number of benzene rings is 1. The molecule has 4 aliphatic heterocycles. The highest BCUT2D eigenvalue weighted by Crippen LogP contribution is 2.51. The number of hydrogen-bond donors (Lipinski definition) is 0. The molecule has 9 nitrogen and oxygen atoms in total. The molecule has 4 aliphatic rings. The summed E-state index contributed by atoms with van der Waals surface area (Å²) in [5.74, 6) is -1.98. The summed E-state index contributed by atoms with van der Waals surface area (Å²) in [7, 11) is 1.97. The van der Waals surface area contributed by atoms with E-state index in [9.17, 15) is 9.59 Å². The highest BCUT2D eigenvalue weighted by molar-refractivity contribution is 6.35. The Labute approximate surface area is 263 Å². The van der Waals surface area contributed by atoms with E-state index in [2.05, 4.69) is 21.4 Å². The predicted octanol–water partition coefficient (Wildman–Crippen LogP) is 3.92. The number of anilines is 1. The second-order valence-electron chi connectivity index (χ2n) is 12.3. The average molecular weight is 651 g/mol. The molecule has 0 spiro atoms. The largest absolute Gasteiger partial charge is 0.489 e. The van der Waals surface area contributed by atoms with Gasteiger partial charge in [0.05, 0.1) is 11.7 Å². The van der Waals surface area contributed by atoms with Crippen LogP contribution in [0.15, 0.2) is 36.9 Å². The summed E-state index contributed by atoms with van der Waals surface area (Å²) < 4.78 is 66.7. The van der Waals surface area contributed by atoms with Crippen LogP contribution in [0.3, 0.4) is 0 Å². The quantitative estimate of drug-likeness (QED) is 0.367. The van der Waals surface area contributed by atoms with E-state index in [1.54, 1.807) is 6.07 Å². The number of likely N-dealkylation sites (N-methyl/N-ethyl adjacent to an activating group) is 1. The van der Waals surface area contributed by atoms with E-state index < -0.39 is 35.5 Å². The number of ether oxygens (including phenoxy) is 1. The molecule has 1 aromatic carbocycles. The summed E-state index contributed by atoms with van der Waals surface area (Å²) in [5, 5.41) is -0.172. The lowest BCUT2D eigenvalue weighted by Gasteiger charge is -2.40. The lowest BCUT2D eigenvalue weighted by atomic mass is 9.95. The van der Waals surface area contributed by atoms with Gasteiger partial charge in [-0.05, 0) is 38.6 Å². The van der Waals surface area contributed by atoms with E-state index >= 15 is 17.6 Å². The molecule has 45 heavy (non-hydrogen) atoms. The topological polar surface area (TPSA) is 72.5 Å². The first-order valence-electron chi connectivity index (χ1n) is 14.9. The van der Waals surface area contributed by atoms with Crippen LogP contribution >= 0.6 is 11.6 Å². The van der Waals surface area contributed by atoms with Crippen molar-refractivity contribution in [2.45, 2.75) is 37.1 Å². The van der Waals surface area contributed by atoms with Crippen molar-refractivity contribution in [3.8, 4) is 17.0 Å². The summed E-state index contributed by atoms with van der Waals surface area (Å²) in [4.78, 5) is 39.7. The van der Waals surface area contributed by atoms with Crippen LogP contribution in [0.1, 0.15) is 23.7 Å². The number of amides is 2. The molecule has 3 fully saturated rings. The third-order valence-electron chi connectivity index (χ3n) is 9.61. The Morgan fingerprint density at radius 1 is 1.11 bits per heavy atom. The van der Waals surface area contributed by atoms with Crippen molar-refractivity contribution >= 4 is 29.2 Å². The van der Waals surface area contributed by atoms with Gasteiger partial charge < -0.3 is 24.3 Å². The molecule has 2 amide bonds. The number of hydrogen-bond acceptors (Lipinski definition) is 7. The molecule has 14 heteroatoms. The van der Waals surface area contributed by atoms with Crippen LogP contribution in [0, 0.1) is 5.82 Å². The van der Waals surface area contributed by atoms with Gasteiger partial charge in [-0.25, -0.2) is 9.37 Å². The minimum Gasteiger partial charge on any atom is -0.489 e. The van der Waals surface area contributed by atoms with Gasteiger partial charge in [0, 0.05) is 64.0 Å². The fraction of sp³-hybridized carbons (Fsp3) is 0.516. The van der Waals surface area contributed by atoms with E-state index in [0.29, 0.717) is 13.1 Å². The number of pyridine rings is 1. The molecule has 0 saturated carbocycles. The molecule has 0 radical (unpaired) electrons. The Morgan fingerprint density at radius 3 is 2.49 bits per heavy atom. The van der Waals surface area contributed by atoms with Crippen LogP contribution in [0.4, 0.5) is 23.4 Å². The first kappa shape index (κ1) is 31.6. The first-order chi connectivity index (χ1) is 21.3. The summed E-state index contributed by atoms with van der Waals surface area (Å²) in [6.45, 7) is 7.64. The van der Waals surface area contributed by atoms with Gasteiger partial charge >= 0.3 is 6.18 Å². The van der Waals surface area contributed by atoms with Crippen molar-refractivity contribution < 1.29 is 31.9 Å². The van der Waals surface area contributed by atoms with Gasteiger partial charge in [0.2, 0.25) is 5.91 Å². The van der Waals surface area contributed by atoms with E-state index in [0.717, 1.165) is 24.9 Å². The second-order valence-corrected chi connectivity index (χ2v) is 12.7. The summed E-state index contributed by atoms with van der Waals surface area (Å²) in [6, 6.07) is 4.61. The Bertz CT molecular complexity index is 1520. The smallest absolute Gasteiger partial charge is 0.411 e. The van der Waals surface area contributed by atoms with E-state index in [1.807, 2.05) is 7.05 Å². The summed E-state index contributed by atoms with van der Waals surface area (Å²) >= 11 is 6.82. The van der Waals surface area contributed by atoms with Crippen LogP contribution in [-0.2, 0) is 4.79 Å². The fourth-order valence-corrected chi connectivity index (χ4v) is 7.16. The Hall–Kier alpha value is -3.42. The van der Waals surface area contributed by atoms with Crippen molar-refractivity contribution in [1.29, 1.82) is 0 Å². The van der Waals surface area contributed by atoms with Crippen molar-refractivity contribution in [2.75, 3.05) is 70.9 Å². The molecule has 0 aliphatic carbocycles. The van der Waals surface area contributed by atoms with Crippen molar-refractivity contribution in [3.05, 3.63) is 53.3 Å². The Balaban J connectivity index is 1.51. The van der Waals surface area contributed by atoms with Crippen LogP contribution in [0.25, 0.3) is 11.3 Å². The lowest BCUT2D eigenvalue weighted by molar-refractivity contribution is -0.180. The van der Waals surface area contributed by atoms with Crippen LogP contribution in [0.5, 0.6) is 5.75 Å². The average Bonchev–Trinajstić information content (AvgIpc) is 3.31. The molecular weight excluding hydrogens is 616 g/mol. The van der Waals surface area contributed by atoms with Crippen molar-refractivity contribution in [3.63, 3.8) is 0 Å². The maximum atomic E-state index is 15.2. The molecule has 3 saturated heterocycles. The molecule has 2 aromatic rings. The predicted molar refractivity (Wildman–Crippen MR) is 161 cm³/mol. The van der Waals surface area contributed by atoms with Gasteiger partial charge in [0.25, 0.3) is 5.91 Å². The van der Waals surface area contributed by atoms with Gasteiger partial charge in [-0.3, -0.25) is 14.5 Å². The minimum absolute atomic E-state index is 0.0316. The SMILES string of the molecule is C=CC(=O)N1CCN2C(=O)c3c(N4CC(N5CCN(C)CC5)CC4(C)C(F)(F)F)nc(-c4ccccc4F)c(Cl)c3OCC2C1. The highest BCUT2D eigenvalue weighted by Gasteiger charge is 2.61. The Morgan fingerprint density at radius 2 is 1.82 bits per heavy atom. The molecule has 1 aromatic heterocycles. The van der Waals surface area contributed by atoms with E-state index in [-0.39, 0.29) is 78.5 Å². The Kier molecular flexibility index (Phi) is 8.23. The third-order valence-corrected chi connectivity index (χ3v) is 9.96. The van der Waals surface area contributed by atoms with Gasteiger partial charge in [-0.1, -0.05) is 30.3 Å². The van der Waals surface area contributed by atoms with Crippen LogP contribution < -0.4 is 9.64 Å². The number of halogens is 5. The number of aromatic nitrogens is 1.